The molecule has 0 saturated carbocycles. The zero-order valence-electron chi connectivity index (χ0n) is 10.6. The minimum Gasteiger partial charge on any atom is -0.493 e. The summed E-state index contributed by atoms with van der Waals surface area (Å²) in [6.07, 6.45) is 1.29. The summed E-state index contributed by atoms with van der Waals surface area (Å²) < 4.78 is 24.2. The van der Waals surface area contributed by atoms with Gasteiger partial charge in [-0.15, -0.1) is 0 Å². The molecule has 0 N–H and O–H groups in total. The van der Waals surface area contributed by atoms with E-state index in [0.29, 0.717) is 37.1 Å². The topological polar surface area (TPSA) is 48.4 Å². The highest BCUT2D eigenvalue weighted by Gasteiger charge is 2.10. The number of para-hydroxylation sites is 1. The fourth-order valence-corrected chi connectivity index (χ4v) is 1.77. The number of ether oxygens (including phenoxy) is 2. The number of halogens is 1. The molecule has 0 unspecified atom stereocenters. The molecule has 2 rings (SSSR count). The monoisotopic (exact) mass is 263 g/mol. The van der Waals surface area contributed by atoms with Gasteiger partial charge in [-0.25, -0.2) is 9.37 Å². The molecule has 0 spiro atoms. The molecule has 0 aliphatic rings. The summed E-state index contributed by atoms with van der Waals surface area (Å²) in [6.45, 7) is 1.01. The first kappa shape index (κ1) is 13.4. The van der Waals surface area contributed by atoms with Crippen LogP contribution in [0, 0.1) is 5.82 Å². The van der Waals surface area contributed by atoms with E-state index >= 15 is 0 Å². The van der Waals surface area contributed by atoms with Gasteiger partial charge in [0.2, 0.25) is 0 Å². The van der Waals surface area contributed by atoms with Crippen molar-refractivity contribution in [1.82, 2.24) is 4.98 Å². The van der Waals surface area contributed by atoms with Crippen molar-refractivity contribution in [2.45, 2.75) is 6.42 Å². The molecule has 0 aliphatic carbocycles. The van der Waals surface area contributed by atoms with Crippen LogP contribution in [0.3, 0.4) is 0 Å². The molecule has 0 radical (unpaired) electrons. The lowest BCUT2D eigenvalue weighted by Gasteiger charge is -2.10. The van der Waals surface area contributed by atoms with Crippen molar-refractivity contribution in [3.63, 3.8) is 0 Å². The third kappa shape index (κ3) is 3.06. The van der Waals surface area contributed by atoms with Crippen LogP contribution in [0.15, 0.2) is 24.3 Å². The van der Waals surface area contributed by atoms with Crippen LogP contribution in [0.1, 0.15) is 16.9 Å². The number of aldehydes is 1. The summed E-state index contributed by atoms with van der Waals surface area (Å²) in [5, 5.41) is 0.558. The molecule has 4 nitrogen and oxygen atoms in total. The maximum Gasteiger partial charge on any atom is 0.168 e. The maximum absolute atomic E-state index is 13.7. The van der Waals surface area contributed by atoms with Crippen LogP contribution in [-0.4, -0.2) is 31.6 Å². The Hall–Kier alpha value is -2.01. The number of carbonyl (C=O) groups excluding carboxylic acids is 1. The van der Waals surface area contributed by atoms with Crippen molar-refractivity contribution in [3.8, 4) is 5.75 Å². The first-order valence-corrected chi connectivity index (χ1v) is 5.92. The standard InChI is InChI=1S/C14H14FNO3/c1-18-6-3-7-19-13-8-10(9-17)16-14-11(13)4-2-5-12(14)15/h2,4-5,8-9H,3,6-7H2,1H3. The van der Waals surface area contributed by atoms with E-state index in [1.165, 1.54) is 12.1 Å². The van der Waals surface area contributed by atoms with Gasteiger partial charge in [0.25, 0.3) is 0 Å². The lowest BCUT2D eigenvalue weighted by atomic mass is 10.1. The summed E-state index contributed by atoms with van der Waals surface area (Å²) in [4.78, 5) is 14.8. The second kappa shape index (κ2) is 6.24. The van der Waals surface area contributed by atoms with Crippen LogP contribution < -0.4 is 4.74 Å². The largest absolute Gasteiger partial charge is 0.493 e. The number of hydrogen-bond acceptors (Lipinski definition) is 4. The number of carbonyl (C=O) groups is 1. The van der Waals surface area contributed by atoms with E-state index in [-0.39, 0.29) is 11.2 Å². The summed E-state index contributed by atoms with van der Waals surface area (Å²) in [6, 6.07) is 6.12. The van der Waals surface area contributed by atoms with Gasteiger partial charge in [-0.3, -0.25) is 4.79 Å². The Morgan fingerprint density at radius 2 is 2.21 bits per heavy atom. The smallest absolute Gasteiger partial charge is 0.168 e. The third-order valence-corrected chi connectivity index (χ3v) is 2.64. The molecule has 1 heterocycles. The Labute approximate surface area is 110 Å². The number of nitrogens with zero attached hydrogens (tertiary/aromatic N) is 1. The van der Waals surface area contributed by atoms with E-state index < -0.39 is 5.82 Å². The summed E-state index contributed by atoms with van der Waals surface area (Å²) in [7, 11) is 1.61. The van der Waals surface area contributed by atoms with Gasteiger partial charge in [-0.2, -0.15) is 0 Å². The Balaban J connectivity index is 2.35. The van der Waals surface area contributed by atoms with Gasteiger partial charge in [0, 0.05) is 31.6 Å². The van der Waals surface area contributed by atoms with Crippen LogP contribution in [0.25, 0.3) is 10.9 Å². The summed E-state index contributed by atoms with van der Waals surface area (Å²) in [5.41, 5.74) is 0.299. The first-order valence-electron chi connectivity index (χ1n) is 5.92. The molecule has 0 amide bonds. The van der Waals surface area contributed by atoms with Crippen molar-refractivity contribution in [3.05, 3.63) is 35.8 Å². The Morgan fingerprint density at radius 1 is 1.37 bits per heavy atom. The minimum absolute atomic E-state index is 0.147. The van der Waals surface area contributed by atoms with E-state index in [1.807, 2.05) is 0 Å². The molecule has 100 valence electrons. The van der Waals surface area contributed by atoms with Crippen molar-refractivity contribution in [2.75, 3.05) is 20.3 Å². The predicted octanol–water partition coefficient (Wildman–Crippen LogP) is 2.60. The normalized spacial score (nSPS) is 10.6. The SMILES string of the molecule is COCCCOc1cc(C=O)nc2c(F)cccc12. The minimum atomic E-state index is -0.469. The number of pyridine rings is 1. The molecule has 5 heteroatoms. The number of fused-ring (bicyclic) bond motifs is 1. The number of aromatic nitrogens is 1. The number of hydrogen-bond donors (Lipinski definition) is 0. The molecular formula is C14H14FNO3. The Bertz CT molecular complexity index is 586. The number of methoxy groups -OCH3 is 1. The van der Waals surface area contributed by atoms with Crippen LogP contribution >= 0.6 is 0 Å². The van der Waals surface area contributed by atoms with Gasteiger partial charge in [0.05, 0.1) is 6.61 Å². The van der Waals surface area contributed by atoms with E-state index in [2.05, 4.69) is 4.98 Å². The third-order valence-electron chi connectivity index (χ3n) is 2.64. The van der Waals surface area contributed by atoms with Crippen LogP contribution in [-0.2, 0) is 4.74 Å². The van der Waals surface area contributed by atoms with Crippen LogP contribution in [0.4, 0.5) is 4.39 Å². The van der Waals surface area contributed by atoms with Crippen molar-refractivity contribution >= 4 is 17.2 Å². The molecule has 0 aliphatic heterocycles. The number of benzene rings is 1. The van der Waals surface area contributed by atoms with Gasteiger partial charge in [-0.05, 0) is 12.1 Å². The highest BCUT2D eigenvalue weighted by atomic mass is 19.1. The predicted molar refractivity (Wildman–Crippen MR) is 69.1 cm³/mol. The molecule has 2 aromatic rings. The molecule has 0 fully saturated rings. The summed E-state index contributed by atoms with van der Waals surface area (Å²) >= 11 is 0. The molecule has 0 atom stereocenters. The van der Waals surface area contributed by atoms with Gasteiger partial charge < -0.3 is 9.47 Å². The highest BCUT2D eigenvalue weighted by Crippen LogP contribution is 2.26. The maximum atomic E-state index is 13.7. The van der Waals surface area contributed by atoms with Crippen LogP contribution in [0.5, 0.6) is 5.75 Å². The highest BCUT2D eigenvalue weighted by molar-refractivity contribution is 5.89. The number of rotatable bonds is 6. The first-order chi connectivity index (χ1) is 9.26. The van der Waals surface area contributed by atoms with Gasteiger partial charge >= 0.3 is 0 Å². The zero-order valence-corrected chi connectivity index (χ0v) is 10.6. The molecule has 0 bridgehead atoms. The second-order valence-corrected chi connectivity index (χ2v) is 3.99. The zero-order chi connectivity index (χ0) is 13.7. The van der Waals surface area contributed by atoms with Gasteiger partial charge in [-0.1, -0.05) is 6.07 Å². The Kier molecular flexibility index (Phi) is 4.41. The van der Waals surface area contributed by atoms with E-state index in [4.69, 9.17) is 9.47 Å². The average molecular weight is 263 g/mol. The summed E-state index contributed by atoms with van der Waals surface area (Å²) in [5.74, 6) is -0.00866. The van der Waals surface area contributed by atoms with Gasteiger partial charge in [0.15, 0.2) is 6.29 Å². The fourth-order valence-electron chi connectivity index (χ4n) is 1.77. The van der Waals surface area contributed by atoms with E-state index in [1.54, 1.807) is 19.2 Å². The lowest BCUT2D eigenvalue weighted by Crippen LogP contribution is -2.03. The van der Waals surface area contributed by atoms with E-state index in [9.17, 15) is 9.18 Å². The van der Waals surface area contributed by atoms with Gasteiger partial charge in [0.1, 0.15) is 22.8 Å². The molecular weight excluding hydrogens is 249 g/mol. The fraction of sp³-hybridized carbons (Fsp3) is 0.286. The van der Waals surface area contributed by atoms with Crippen molar-refractivity contribution in [2.24, 2.45) is 0 Å². The van der Waals surface area contributed by atoms with E-state index in [0.717, 1.165) is 0 Å². The molecule has 1 aromatic carbocycles. The molecule has 19 heavy (non-hydrogen) atoms. The lowest BCUT2D eigenvalue weighted by molar-refractivity contribution is 0.111. The average Bonchev–Trinajstić information content (AvgIpc) is 2.44. The molecule has 1 aromatic heterocycles. The van der Waals surface area contributed by atoms with Crippen molar-refractivity contribution in [1.29, 1.82) is 0 Å². The molecule has 0 saturated heterocycles. The van der Waals surface area contributed by atoms with Crippen LogP contribution in [0.2, 0.25) is 0 Å². The Morgan fingerprint density at radius 3 is 2.95 bits per heavy atom. The van der Waals surface area contributed by atoms with Crippen molar-refractivity contribution < 1.29 is 18.7 Å². The second-order valence-electron chi connectivity index (χ2n) is 3.99. The quantitative estimate of drug-likeness (QED) is 0.593.